The molecule has 0 radical (unpaired) electrons. The van der Waals surface area contributed by atoms with E-state index in [0.717, 1.165) is 38.6 Å². The van der Waals surface area contributed by atoms with Gasteiger partial charge in [0.05, 0.1) is 0 Å². The molecular formula is C15H33N3O2S. The molecule has 0 bridgehead atoms. The van der Waals surface area contributed by atoms with Crippen molar-refractivity contribution in [3.8, 4) is 0 Å². The standard InChI is InChI=1S/C15H33N3O2S/c1-6-7-11-20-12-8-9-17-14(16-5)18-10-13-21(19)15(2,3)4/h6-13H2,1-5H3,(H2,16,17,18). The summed E-state index contributed by atoms with van der Waals surface area (Å²) in [5.41, 5.74) is 0. The number of hydrogen-bond donors (Lipinski definition) is 2. The summed E-state index contributed by atoms with van der Waals surface area (Å²) in [6.45, 7) is 11.3. The monoisotopic (exact) mass is 319 g/mol. The van der Waals surface area contributed by atoms with E-state index >= 15 is 0 Å². The van der Waals surface area contributed by atoms with Gasteiger partial charge in [0.25, 0.3) is 0 Å². The van der Waals surface area contributed by atoms with Gasteiger partial charge in [-0.15, -0.1) is 0 Å². The van der Waals surface area contributed by atoms with E-state index in [2.05, 4.69) is 22.5 Å². The van der Waals surface area contributed by atoms with Gasteiger partial charge < -0.3 is 15.4 Å². The first-order chi connectivity index (χ1) is 9.91. The molecule has 21 heavy (non-hydrogen) atoms. The van der Waals surface area contributed by atoms with Gasteiger partial charge in [-0.05, 0) is 33.6 Å². The van der Waals surface area contributed by atoms with Crippen LogP contribution in [-0.4, -0.2) is 54.0 Å². The minimum Gasteiger partial charge on any atom is -0.381 e. The summed E-state index contributed by atoms with van der Waals surface area (Å²) < 4.78 is 17.3. The SMILES string of the molecule is CCCCOCCCNC(=NC)NCCS(=O)C(C)(C)C. The van der Waals surface area contributed by atoms with Crippen molar-refractivity contribution in [3.05, 3.63) is 0 Å². The molecule has 0 saturated carbocycles. The van der Waals surface area contributed by atoms with Gasteiger partial charge in [-0.25, -0.2) is 0 Å². The number of hydrogen-bond acceptors (Lipinski definition) is 3. The number of ether oxygens (including phenoxy) is 1. The highest BCUT2D eigenvalue weighted by Crippen LogP contribution is 2.10. The van der Waals surface area contributed by atoms with E-state index in [9.17, 15) is 4.21 Å². The third-order valence-corrected chi connectivity index (χ3v) is 4.83. The van der Waals surface area contributed by atoms with E-state index in [1.165, 1.54) is 6.42 Å². The molecule has 0 aromatic rings. The number of guanidine groups is 1. The van der Waals surface area contributed by atoms with Crippen LogP contribution in [0.25, 0.3) is 0 Å². The maximum absolute atomic E-state index is 11.9. The molecule has 1 atom stereocenters. The van der Waals surface area contributed by atoms with Crippen LogP contribution in [0.5, 0.6) is 0 Å². The topological polar surface area (TPSA) is 62.7 Å². The largest absolute Gasteiger partial charge is 0.381 e. The van der Waals surface area contributed by atoms with Crippen molar-refractivity contribution in [3.63, 3.8) is 0 Å². The predicted molar refractivity (Wildman–Crippen MR) is 92.5 cm³/mol. The molecular weight excluding hydrogens is 286 g/mol. The van der Waals surface area contributed by atoms with E-state index in [1.807, 2.05) is 20.8 Å². The number of nitrogens with one attached hydrogen (secondary N) is 2. The Labute approximate surface area is 132 Å². The average Bonchev–Trinajstić information content (AvgIpc) is 2.43. The summed E-state index contributed by atoms with van der Waals surface area (Å²) in [4.78, 5) is 4.15. The zero-order valence-corrected chi connectivity index (χ0v) is 15.1. The highest BCUT2D eigenvalue weighted by atomic mass is 32.2. The van der Waals surface area contributed by atoms with E-state index in [0.29, 0.717) is 12.3 Å². The minimum absolute atomic E-state index is 0.158. The van der Waals surface area contributed by atoms with Crippen molar-refractivity contribution in [2.45, 2.75) is 51.7 Å². The molecule has 0 saturated heterocycles. The van der Waals surface area contributed by atoms with Crippen molar-refractivity contribution in [1.29, 1.82) is 0 Å². The van der Waals surface area contributed by atoms with Crippen LogP contribution in [0.4, 0.5) is 0 Å². The van der Waals surface area contributed by atoms with E-state index < -0.39 is 10.8 Å². The normalized spacial score (nSPS) is 14.0. The lowest BCUT2D eigenvalue weighted by Gasteiger charge is -2.18. The van der Waals surface area contributed by atoms with E-state index in [-0.39, 0.29) is 4.75 Å². The lowest BCUT2D eigenvalue weighted by atomic mass is 10.3. The molecule has 5 nitrogen and oxygen atoms in total. The molecule has 0 aliphatic carbocycles. The van der Waals surface area contributed by atoms with Crippen molar-refractivity contribution >= 4 is 16.8 Å². The van der Waals surface area contributed by atoms with Crippen molar-refractivity contribution in [1.82, 2.24) is 10.6 Å². The highest BCUT2D eigenvalue weighted by molar-refractivity contribution is 7.86. The smallest absolute Gasteiger partial charge is 0.191 e. The van der Waals surface area contributed by atoms with Crippen LogP contribution < -0.4 is 10.6 Å². The molecule has 0 spiro atoms. The Morgan fingerprint density at radius 2 is 1.76 bits per heavy atom. The summed E-state index contributed by atoms with van der Waals surface area (Å²) in [7, 11) is 0.911. The zero-order valence-electron chi connectivity index (χ0n) is 14.3. The lowest BCUT2D eigenvalue weighted by Crippen LogP contribution is -2.40. The summed E-state index contributed by atoms with van der Waals surface area (Å²) in [6, 6.07) is 0. The number of aliphatic imine (C=N–C) groups is 1. The number of unbranched alkanes of at least 4 members (excludes halogenated alkanes) is 1. The fourth-order valence-corrected chi connectivity index (χ4v) is 2.42. The Morgan fingerprint density at radius 1 is 1.14 bits per heavy atom. The molecule has 0 heterocycles. The second-order valence-corrected chi connectivity index (χ2v) is 8.23. The highest BCUT2D eigenvalue weighted by Gasteiger charge is 2.18. The van der Waals surface area contributed by atoms with E-state index in [1.54, 1.807) is 7.05 Å². The molecule has 6 heteroatoms. The van der Waals surface area contributed by atoms with Gasteiger partial charge in [0, 0.05) is 54.7 Å². The Balaban J connectivity index is 3.66. The summed E-state index contributed by atoms with van der Waals surface area (Å²) in [5.74, 6) is 1.39. The first-order valence-electron chi connectivity index (χ1n) is 7.82. The average molecular weight is 320 g/mol. The quantitative estimate of drug-likeness (QED) is 0.367. The van der Waals surface area contributed by atoms with Crippen molar-refractivity contribution < 1.29 is 8.95 Å². The Kier molecular flexibility index (Phi) is 11.6. The maximum atomic E-state index is 11.9. The summed E-state index contributed by atoms with van der Waals surface area (Å²) in [5, 5.41) is 6.42. The second kappa shape index (κ2) is 12.0. The van der Waals surface area contributed by atoms with Gasteiger partial charge in [0.1, 0.15) is 0 Å². The predicted octanol–water partition coefficient (Wildman–Crippen LogP) is 1.91. The molecule has 0 aromatic carbocycles. The number of nitrogens with zero attached hydrogens (tertiary/aromatic N) is 1. The van der Waals surface area contributed by atoms with E-state index in [4.69, 9.17) is 4.74 Å². The van der Waals surface area contributed by atoms with Crippen LogP contribution in [0.1, 0.15) is 47.0 Å². The van der Waals surface area contributed by atoms with Crippen molar-refractivity contribution in [2.24, 2.45) is 4.99 Å². The molecule has 0 aliphatic rings. The molecule has 0 amide bonds. The Morgan fingerprint density at radius 3 is 2.33 bits per heavy atom. The van der Waals surface area contributed by atoms with Crippen LogP contribution in [-0.2, 0) is 15.5 Å². The van der Waals surface area contributed by atoms with Gasteiger partial charge in [-0.3, -0.25) is 9.20 Å². The van der Waals surface area contributed by atoms with Crippen molar-refractivity contribution in [2.75, 3.05) is 39.1 Å². The van der Waals surface area contributed by atoms with Gasteiger partial charge in [-0.2, -0.15) is 0 Å². The van der Waals surface area contributed by atoms with Crippen LogP contribution in [0.3, 0.4) is 0 Å². The van der Waals surface area contributed by atoms with Crippen LogP contribution in [0, 0.1) is 0 Å². The fraction of sp³-hybridized carbons (Fsp3) is 0.933. The Bertz CT molecular complexity index is 315. The summed E-state index contributed by atoms with van der Waals surface area (Å²) in [6.07, 6.45) is 3.25. The van der Waals surface area contributed by atoms with Crippen LogP contribution in [0.15, 0.2) is 4.99 Å². The van der Waals surface area contributed by atoms with Gasteiger partial charge >= 0.3 is 0 Å². The number of rotatable bonds is 10. The lowest BCUT2D eigenvalue weighted by molar-refractivity contribution is 0.129. The molecule has 0 aliphatic heterocycles. The second-order valence-electron chi connectivity index (χ2n) is 5.91. The third-order valence-electron chi connectivity index (χ3n) is 2.89. The van der Waals surface area contributed by atoms with Gasteiger partial charge in [-0.1, -0.05) is 13.3 Å². The first-order valence-corrected chi connectivity index (χ1v) is 9.14. The van der Waals surface area contributed by atoms with Gasteiger partial charge in [0.15, 0.2) is 5.96 Å². The molecule has 0 fully saturated rings. The minimum atomic E-state index is -0.833. The Hall–Kier alpha value is -0.620. The zero-order chi connectivity index (χ0) is 16.1. The molecule has 2 N–H and O–H groups in total. The van der Waals surface area contributed by atoms with Crippen LogP contribution >= 0.6 is 0 Å². The summed E-state index contributed by atoms with van der Waals surface area (Å²) >= 11 is 0. The van der Waals surface area contributed by atoms with Gasteiger partial charge in [0.2, 0.25) is 0 Å². The fourth-order valence-electron chi connectivity index (χ4n) is 1.52. The molecule has 0 rings (SSSR count). The maximum Gasteiger partial charge on any atom is 0.191 e. The molecule has 126 valence electrons. The van der Waals surface area contributed by atoms with Crippen LogP contribution in [0.2, 0.25) is 0 Å². The molecule has 1 unspecified atom stereocenters. The molecule has 0 aromatic heterocycles. The third kappa shape index (κ3) is 11.7. The first kappa shape index (κ1) is 20.4.